The van der Waals surface area contributed by atoms with Crippen LogP contribution in [0.5, 0.6) is 0 Å². The molecular weight excluding hydrogens is 228 g/mol. The van der Waals surface area contributed by atoms with Gasteiger partial charge >= 0.3 is 0 Å². The van der Waals surface area contributed by atoms with Crippen LogP contribution in [0.25, 0.3) is 0 Å². The molecule has 2 saturated heterocycles. The molecule has 0 amide bonds. The van der Waals surface area contributed by atoms with Gasteiger partial charge in [0.2, 0.25) is 0 Å². The minimum absolute atomic E-state index is 0.337. The molecule has 106 valence electrons. The van der Waals surface area contributed by atoms with Gasteiger partial charge in [-0.15, -0.1) is 0 Å². The second-order valence-electron chi connectivity index (χ2n) is 5.48. The van der Waals surface area contributed by atoms with Gasteiger partial charge in [0.25, 0.3) is 0 Å². The lowest BCUT2D eigenvalue weighted by Crippen LogP contribution is -2.54. The molecule has 1 N–H and O–H groups in total. The van der Waals surface area contributed by atoms with Crippen LogP contribution in [0.2, 0.25) is 0 Å². The zero-order valence-corrected chi connectivity index (χ0v) is 11.9. The van der Waals surface area contributed by atoms with Crippen molar-refractivity contribution in [3.05, 3.63) is 0 Å². The number of nitrogens with one attached hydrogen (secondary N) is 1. The first-order valence-electron chi connectivity index (χ1n) is 7.49. The van der Waals surface area contributed by atoms with E-state index >= 15 is 0 Å². The number of ether oxygens (including phenoxy) is 2. The third-order valence-electron chi connectivity index (χ3n) is 4.04. The van der Waals surface area contributed by atoms with E-state index in [4.69, 9.17) is 9.47 Å². The summed E-state index contributed by atoms with van der Waals surface area (Å²) in [5.41, 5.74) is 0. The minimum atomic E-state index is 0.337. The van der Waals surface area contributed by atoms with Crippen molar-refractivity contribution in [2.45, 2.75) is 51.4 Å². The van der Waals surface area contributed by atoms with Crippen LogP contribution in [0.15, 0.2) is 0 Å². The third kappa shape index (κ3) is 3.92. The van der Waals surface area contributed by atoms with Crippen molar-refractivity contribution >= 4 is 0 Å². The summed E-state index contributed by atoms with van der Waals surface area (Å²) in [6.07, 6.45) is 4.34. The van der Waals surface area contributed by atoms with E-state index in [9.17, 15) is 0 Å². The molecule has 0 aliphatic carbocycles. The van der Waals surface area contributed by atoms with Crippen LogP contribution >= 0.6 is 0 Å². The number of nitrogens with zero attached hydrogens (tertiary/aromatic N) is 1. The van der Waals surface area contributed by atoms with Crippen LogP contribution in [0.3, 0.4) is 0 Å². The highest BCUT2D eigenvalue weighted by Crippen LogP contribution is 2.19. The molecule has 2 aliphatic heterocycles. The highest BCUT2D eigenvalue weighted by Gasteiger charge is 2.30. The number of rotatable bonds is 5. The van der Waals surface area contributed by atoms with Gasteiger partial charge in [0.15, 0.2) is 0 Å². The van der Waals surface area contributed by atoms with E-state index in [1.807, 2.05) is 0 Å². The maximum Gasteiger partial charge on any atom is 0.0852 e. The lowest BCUT2D eigenvalue weighted by molar-refractivity contribution is -0.0596. The monoisotopic (exact) mass is 256 g/mol. The predicted molar refractivity (Wildman–Crippen MR) is 72.9 cm³/mol. The van der Waals surface area contributed by atoms with E-state index in [0.29, 0.717) is 18.2 Å². The first-order valence-corrected chi connectivity index (χ1v) is 7.49. The molecule has 2 rings (SSSR count). The van der Waals surface area contributed by atoms with Crippen molar-refractivity contribution in [1.29, 1.82) is 0 Å². The van der Waals surface area contributed by atoms with E-state index < -0.39 is 0 Å². The van der Waals surface area contributed by atoms with Gasteiger partial charge in [0, 0.05) is 32.3 Å². The molecule has 0 aromatic carbocycles. The van der Waals surface area contributed by atoms with Crippen molar-refractivity contribution in [3.8, 4) is 0 Å². The van der Waals surface area contributed by atoms with E-state index in [1.54, 1.807) is 0 Å². The Labute approximate surface area is 111 Å². The summed E-state index contributed by atoms with van der Waals surface area (Å²) in [6.45, 7) is 10.4. The zero-order valence-electron chi connectivity index (χ0n) is 11.9. The highest BCUT2D eigenvalue weighted by atomic mass is 16.5. The molecule has 0 bridgehead atoms. The van der Waals surface area contributed by atoms with Gasteiger partial charge in [0.1, 0.15) is 0 Å². The fraction of sp³-hybridized carbons (Fsp3) is 1.00. The van der Waals surface area contributed by atoms with Crippen LogP contribution in [0, 0.1) is 0 Å². The van der Waals surface area contributed by atoms with E-state index in [2.05, 4.69) is 24.1 Å². The Hall–Kier alpha value is -0.160. The topological polar surface area (TPSA) is 33.7 Å². The first-order chi connectivity index (χ1) is 8.81. The Morgan fingerprint density at radius 2 is 2.39 bits per heavy atom. The molecule has 4 nitrogen and oxygen atoms in total. The van der Waals surface area contributed by atoms with Crippen LogP contribution < -0.4 is 5.32 Å². The molecule has 2 aliphatic rings. The normalized spacial score (nSPS) is 32.3. The van der Waals surface area contributed by atoms with Gasteiger partial charge in [-0.25, -0.2) is 0 Å². The molecule has 3 unspecified atom stereocenters. The van der Waals surface area contributed by atoms with E-state index in [0.717, 1.165) is 39.3 Å². The summed E-state index contributed by atoms with van der Waals surface area (Å²) in [5, 5.41) is 3.42. The summed E-state index contributed by atoms with van der Waals surface area (Å²) in [6, 6.07) is 0.492. The molecule has 18 heavy (non-hydrogen) atoms. The van der Waals surface area contributed by atoms with Crippen LogP contribution in [-0.2, 0) is 9.47 Å². The number of piperidine rings is 1. The summed E-state index contributed by atoms with van der Waals surface area (Å²) in [4.78, 5) is 2.54. The van der Waals surface area contributed by atoms with Crippen LogP contribution in [0.1, 0.15) is 33.1 Å². The Bertz CT molecular complexity index is 232. The maximum atomic E-state index is 5.90. The van der Waals surface area contributed by atoms with Gasteiger partial charge in [-0.1, -0.05) is 6.92 Å². The quantitative estimate of drug-likeness (QED) is 0.803. The highest BCUT2D eigenvalue weighted by molar-refractivity contribution is 4.84. The van der Waals surface area contributed by atoms with Gasteiger partial charge in [0.05, 0.1) is 18.8 Å². The minimum Gasteiger partial charge on any atom is -0.377 e. The van der Waals surface area contributed by atoms with Crippen molar-refractivity contribution in [3.63, 3.8) is 0 Å². The standard InChI is InChI=1S/C14H28N2O2/c1-3-8-17-13-5-4-7-16(11-13)12(2)14-10-15-6-9-18-14/h12-15H,3-11H2,1-2H3. The van der Waals surface area contributed by atoms with Gasteiger partial charge in [-0.3, -0.25) is 4.90 Å². The molecule has 2 fully saturated rings. The number of likely N-dealkylation sites (tertiary alicyclic amines) is 1. The maximum absolute atomic E-state index is 5.90. The first kappa shape index (κ1) is 14.3. The summed E-state index contributed by atoms with van der Waals surface area (Å²) < 4.78 is 11.8. The van der Waals surface area contributed by atoms with Crippen molar-refractivity contribution in [2.75, 3.05) is 39.4 Å². The lowest BCUT2D eigenvalue weighted by atomic mass is 10.0. The van der Waals surface area contributed by atoms with Crippen LogP contribution in [0.4, 0.5) is 0 Å². The van der Waals surface area contributed by atoms with Crippen LogP contribution in [-0.4, -0.2) is 62.5 Å². The SMILES string of the molecule is CCCOC1CCCN(C(C)C2CNCCO2)C1. The van der Waals surface area contributed by atoms with E-state index in [1.165, 1.54) is 19.4 Å². The smallest absolute Gasteiger partial charge is 0.0852 e. The molecule has 0 spiro atoms. The number of morpholine rings is 1. The molecule has 0 aromatic heterocycles. The van der Waals surface area contributed by atoms with Crippen molar-refractivity contribution in [2.24, 2.45) is 0 Å². The van der Waals surface area contributed by atoms with Crippen molar-refractivity contribution in [1.82, 2.24) is 10.2 Å². The van der Waals surface area contributed by atoms with Gasteiger partial charge < -0.3 is 14.8 Å². The fourth-order valence-electron chi connectivity index (χ4n) is 2.89. The summed E-state index contributed by atoms with van der Waals surface area (Å²) in [7, 11) is 0. The number of hydrogen-bond donors (Lipinski definition) is 1. The number of hydrogen-bond acceptors (Lipinski definition) is 4. The Morgan fingerprint density at radius 1 is 1.50 bits per heavy atom. The zero-order chi connectivity index (χ0) is 12.8. The molecule has 0 radical (unpaired) electrons. The second-order valence-corrected chi connectivity index (χ2v) is 5.48. The fourth-order valence-corrected chi connectivity index (χ4v) is 2.89. The molecule has 0 saturated carbocycles. The van der Waals surface area contributed by atoms with Crippen molar-refractivity contribution < 1.29 is 9.47 Å². The average Bonchev–Trinajstić information content (AvgIpc) is 2.45. The molecular formula is C14H28N2O2. The Kier molecular flexibility index (Phi) is 5.89. The van der Waals surface area contributed by atoms with E-state index in [-0.39, 0.29) is 0 Å². The molecule has 2 heterocycles. The summed E-state index contributed by atoms with van der Waals surface area (Å²) >= 11 is 0. The Balaban J connectivity index is 1.79. The largest absolute Gasteiger partial charge is 0.377 e. The van der Waals surface area contributed by atoms with Gasteiger partial charge in [-0.05, 0) is 32.7 Å². The van der Waals surface area contributed by atoms with Gasteiger partial charge in [-0.2, -0.15) is 0 Å². The molecule has 3 atom stereocenters. The third-order valence-corrected chi connectivity index (χ3v) is 4.04. The Morgan fingerprint density at radius 3 is 3.11 bits per heavy atom. The predicted octanol–water partition coefficient (Wildman–Crippen LogP) is 1.25. The summed E-state index contributed by atoms with van der Waals surface area (Å²) in [5.74, 6) is 0. The molecule has 4 heteroatoms. The lowest BCUT2D eigenvalue weighted by Gasteiger charge is -2.41. The average molecular weight is 256 g/mol. The molecule has 0 aromatic rings. The second kappa shape index (κ2) is 7.43.